The van der Waals surface area contributed by atoms with Gasteiger partial charge in [0.1, 0.15) is 0 Å². The van der Waals surface area contributed by atoms with Crippen LogP contribution in [0.4, 0.5) is 5.69 Å². The predicted octanol–water partition coefficient (Wildman–Crippen LogP) is 0.478. The highest BCUT2D eigenvalue weighted by Crippen LogP contribution is 2.28. The maximum atomic E-state index is 11.1. The molecular formula is C14H19BrN4O2. The maximum absolute atomic E-state index is 11.1. The number of benzene rings is 1. The normalized spacial score (nSPS) is 14.0. The molecule has 1 fully saturated rings. The molecule has 1 aromatic rings. The minimum absolute atomic E-state index is 0.0544. The molecule has 1 aliphatic carbocycles. The summed E-state index contributed by atoms with van der Waals surface area (Å²) in [5.41, 5.74) is 12.3. The standard InChI is InChI=1S/C14H19BrN4O2/c15-11-5-9(6-18-10-2-3-10)1-4-12(11)19(7-13(16)20)8-14(17)21/h1,4-5,10,18H,2-3,6-8H2,(H2,16,20)(H2,17,21). The van der Waals surface area contributed by atoms with Crippen LogP contribution in [0.5, 0.6) is 0 Å². The maximum Gasteiger partial charge on any atom is 0.236 e. The molecule has 0 unspecified atom stereocenters. The summed E-state index contributed by atoms with van der Waals surface area (Å²) in [6, 6.07) is 6.44. The van der Waals surface area contributed by atoms with Crippen LogP contribution in [0.2, 0.25) is 0 Å². The quantitative estimate of drug-likeness (QED) is 0.631. The van der Waals surface area contributed by atoms with Gasteiger partial charge in [-0.25, -0.2) is 0 Å². The van der Waals surface area contributed by atoms with Crippen LogP contribution in [0, 0.1) is 0 Å². The van der Waals surface area contributed by atoms with Gasteiger partial charge in [0.15, 0.2) is 0 Å². The number of anilines is 1. The Hall–Kier alpha value is -1.60. The molecule has 0 atom stereocenters. The lowest BCUT2D eigenvalue weighted by Gasteiger charge is -2.23. The number of nitrogens with one attached hydrogen (secondary N) is 1. The summed E-state index contributed by atoms with van der Waals surface area (Å²) in [4.78, 5) is 23.8. The molecule has 114 valence electrons. The molecule has 0 saturated heterocycles. The Morgan fingerprint density at radius 3 is 2.33 bits per heavy atom. The van der Waals surface area contributed by atoms with E-state index in [0.29, 0.717) is 6.04 Å². The Balaban J connectivity index is 2.10. The van der Waals surface area contributed by atoms with E-state index in [1.807, 2.05) is 18.2 Å². The van der Waals surface area contributed by atoms with Crippen molar-refractivity contribution >= 4 is 33.4 Å². The molecule has 0 radical (unpaired) electrons. The number of nitrogens with zero attached hydrogens (tertiary/aromatic N) is 1. The van der Waals surface area contributed by atoms with E-state index in [1.54, 1.807) is 4.90 Å². The number of primary amides is 2. The van der Waals surface area contributed by atoms with E-state index >= 15 is 0 Å². The molecule has 0 spiro atoms. The third kappa shape index (κ3) is 5.02. The summed E-state index contributed by atoms with van der Waals surface area (Å²) in [5.74, 6) is -1.02. The minimum atomic E-state index is -0.511. The minimum Gasteiger partial charge on any atom is -0.368 e. The fourth-order valence-electron chi connectivity index (χ4n) is 2.07. The largest absolute Gasteiger partial charge is 0.368 e. The smallest absolute Gasteiger partial charge is 0.236 e. The van der Waals surface area contributed by atoms with Crippen molar-refractivity contribution in [3.8, 4) is 0 Å². The van der Waals surface area contributed by atoms with Gasteiger partial charge in [-0.2, -0.15) is 0 Å². The second kappa shape index (κ2) is 6.91. The van der Waals surface area contributed by atoms with Gasteiger partial charge >= 0.3 is 0 Å². The SMILES string of the molecule is NC(=O)CN(CC(N)=O)c1ccc(CNC2CC2)cc1Br. The number of carbonyl (C=O) groups is 2. The molecule has 7 heteroatoms. The first-order valence-corrected chi connectivity index (χ1v) is 7.58. The van der Waals surface area contributed by atoms with Crippen molar-refractivity contribution in [3.05, 3.63) is 28.2 Å². The topological polar surface area (TPSA) is 101 Å². The summed E-state index contributed by atoms with van der Waals surface area (Å²) in [6.45, 7) is 0.692. The Morgan fingerprint density at radius 2 is 1.86 bits per heavy atom. The van der Waals surface area contributed by atoms with Crippen molar-refractivity contribution in [3.63, 3.8) is 0 Å². The molecule has 0 bridgehead atoms. The Kier molecular flexibility index (Phi) is 5.19. The molecule has 0 aliphatic heterocycles. The zero-order valence-corrected chi connectivity index (χ0v) is 13.2. The highest BCUT2D eigenvalue weighted by atomic mass is 79.9. The fourth-order valence-corrected chi connectivity index (χ4v) is 2.75. The number of halogens is 1. The summed E-state index contributed by atoms with van der Waals surface area (Å²) in [5, 5.41) is 3.43. The summed E-state index contributed by atoms with van der Waals surface area (Å²) in [6.07, 6.45) is 2.48. The van der Waals surface area contributed by atoms with Crippen LogP contribution >= 0.6 is 15.9 Å². The van der Waals surface area contributed by atoms with Gasteiger partial charge in [-0.3, -0.25) is 9.59 Å². The van der Waals surface area contributed by atoms with E-state index in [1.165, 1.54) is 12.8 Å². The summed E-state index contributed by atoms with van der Waals surface area (Å²) < 4.78 is 0.806. The van der Waals surface area contributed by atoms with E-state index in [4.69, 9.17) is 11.5 Å². The lowest BCUT2D eigenvalue weighted by molar-refractivity contribution is -0.117. The first kappa shape index (κ1) is 15.8. The zero-order valence-electron chi connectivity index (χ0n) is 11.6. The number of amides is 2. The van der Waals surface area contributed by atoms with Gasteiger partial charge in [0.05, 0.1) is 18.8 Å². The second-order valence-corrected chi connectivity index (χ2v) is 6.08. The molecule has 5 N–H and O–H groups in total. The van der Waals surface area contributed by atoms with Gasteiger partial charge in [-0.15, -0.1) is 0 Å². The van der Waals surface area contributed by atoms with E-state index < -0.39 is 11.8 Å². The van der Waals surface area contributed by atoms with Crippen LogP contribution in [0.1, 0.15) is 18.4 Å². The fraction of sp³-hybridized carbons (Fsp3) is 0.429. The lowest BCUT2D eigenvalue weighted by Crippen LogP contribution is -2.39. The molecular weight excluding hydrogens is 336 g/mol. The first-order valence-electron chi connectivity index (χ1n) is 6.79. The number of carbonyl (C=O) groups excluding carboxylic acids is 2. The van der Waals surface area contributed by atoms with Gasteiger partial charge in [0.25, 0.3) is 0 Å². The van der Waals surface area contributed by atoms with Crippen molar-refractivity contribution in [2.75, 3.05) is 18.0 Å². The Labute approximate surface area is 132 Å². The number of nitrogens with two attached hydrogens (primary N) is 2. The lowest BCUT2D eigenvalue weighted by atomic mass is 10.2. The van der Waals surface area contributed by atoms with Gasteiger partial charge < -0.3 is 21.7 Å². The van der Waals surface area contributed by atoms with Crippen LogP contribution in [0.3, 0.4) is 0 Å². The molecule has 2 rings (SSSR count). The van der Waals surface area contributed by atoms with Crippen LogP contribution in [-0.2, 0) is 16.1 Å². The van der Waals surface area contributed by atoms with E-state index in [0.717, 1.165) is 22.3 Å². The van der Waals surface area contributed by atoms with E-state index in [2.05, 4.69) is 21.2 Å². The molecule has 1 aliphatic rings. The number of rotatable bonds is 8. The van der Waals surface area contributed by atoms with E-state index in [9.17, 15) is 9.59 Å². The van der Waals surface area contributed by atoms with Crippen LogP contribution in [0.15, 0.2) is 22.7 Å². The average Bonchev–Trinajstić information content (AvgIpc) is 3.18. The molecule has 0 heterocycles. The van der Waals surface area contributed by atoms with Crippen LogP contribution < -0.4 is 21.7 Å². The third-order valence-electron chi connectivity index (χ3n) is 3.22. The molecule has 1 aromatic carbocycles. The molecule has 2 amide bonds. The average molecular weight is 355 g/mol. The number of hydrogen-bond donors (Lipinski definition) is 3. The Bertz CT molecular complexity index is 530. The van der Waals surface area contributed by atoms with Crippen molar-refractivity contribution in [1.82, 2.24) is 5.32 Å². The van der Waals surface area contributed by atoms with E-state index in [-0.39, 0.29) is 13.1 Å². The molecule has 1 saturated carbocycles. The third-order valence-corrected chi connectivity index (χ3v) is 3.85. The van der Waals surface area contributed by atoms with Gasteiger partial charge in [0, 0.05) is 17.1 Å². The van der Waals surface area contributed by atoms with Gasteiger partial charge in [0.2, 0.25) is 11.8 Å². The second-order valence-electron chi connectivity index (χ2n) is 5.23. The predicted molar refractivity (Wildman–Crippen MR) is 84.6 cm³/mol. The van der Waals surface area contributed by atoms with Crippen molar-refractivity contribution in [1.29, 1.82) is 0 Å². The summed E-state index contributed by atoms with van der Waals surface area (Å²) in [7, 11) is 0. The van der Waals surface area contributed by atoms with Crippen molar-refractivity contribution in [2.24, 2.45) is 11.5 Å². The Morgan fingerprint density at radius 1 is 1.24 bits per heavy atom. The molecule has 21 heavy (non-hydrogen) atoms. The zero-order chi connectivity index (χ0) is 15.4. The highest BCUT2D eigenvalue weighted by molar-refractivity contribution is 9.10. The van der Waals surface area contributed by atoms with Crippen molar-refractivity contribution < 1.29 is 9.59 Å². The number of hydrogen-bond acceptors (Lipinski definition) is 4. The molecule has 6 nitrogen and oxygen atoms in total. The molecule has 0 aromatic heterocycles. The van der Waals surface area contributed by atoms with Gasteiger partial charge in [-0.1, -0.05) is 6.07 Å². The summed E-state index contributed by atoms with van der Waals surface area (Å²) >= 11 is 3.48. The monoisotopic (exact) mass is 354 g/mol. The van der Waals surface area contributed by atoms with Crippen LogP contribution in [-0.4, -0.2) is 30.9 Å². The van der Waals surface area contributed by atoms with Crippen molar-refractivity contribution in [2.45, 2.75) is 25.4 Å². The highest BCUT2D eigenvalue weighted by Gasteiger charge is 2.20. The van der Waals surface area contributed by atoms with Crippen LogP contribution in [0.25, 0.3) is 0 Å². The van der Waals surface area contributed by atoms with Gasteiger partial charge in [-0.05, 0) is 46.5 Å². The first-order chi connectivity index (χ1) is 9.95.